The number of benzene rings is 1. The Hall–Kier alpha value is -1.56. The number of hydrogen-bond acceptors (Lipinski definition) is 4. The van der Waals surface area contributed by atoms with Crippen molar-refractivity contribution in [2.24, 2.45) is 0 Å². The van der Waals surface area contributed by atoms with Gasteiger partial charge in [-0.15, -0.1) is 11.3 Å². The summed E-state index contributed by atoms with van der Waals surface area (Å²) in [6, 6.07) is 5.29. The van der Waals surface area contributed by atoms with E-state index in [4.69, 9.17) is 27.9 Å². The summed E-state index contributed by atoms with van der Waals surface area (Å²) < 4.78 is 6.87. The molecule has 1 aromatic carbocycles. The topological polar surface area (TPSA) is 43.6 Å². The molecule has 4 nitrogen and oxygen atoms in total. The van der Waals surface area contributed by atoms with Gasteiger partial charge in [0.2, 0.25) is 0 Å². The Labute approximate surface area is 141 Å². The molecule has 0 saturated heterocycles. The van der Waals surface area contributed by atoms with E-state index in [9.17, 15) is 4.79 Å². The largest absolute Gasteiger partial charge is 0.466 e. The monoisotopic (exact) mass is 354 g/mol. The normalized spacial score (nSPS) is 11.0. The summed E-state index contributed by atoms with van der Waals surface area (Å²) in [7, 11) is 0. The molecule has 0 N–H and O–H groups in total. The molecular formula is C15H12Cl2N2O2S. The first-order chi connectivity index (χ1) is 10.6. The molecule has 0 radical (unpaired) electrons. The number of aromatic nitrogens is 2. The average Bonchev–Trinajstić information content (AvgIpc) is 3.01. The van der Waals surface area contributed by atoms with Gasteiger partial charge in [-0.3, -0.25) is 9.20 Å². The van der Waals surface area contributed by atoms with Crippen molar-refractivity contribution < 1.29 is 9.53 Å². The summed E-state index contributed by atoms with van der Waals surface area (Å²) in [5.41, 5.74) is 2.41. The first-order valence-corrected chi connectivity index (χ1v) is 8.28. The first kappa shape index (κ1) is 15.3. The number of halogens is 2. The van der Waals surface area contributed by atoms with Crippen LogP contribution in [0.4, 0.5) is 0 Å². The fourth-order valence-electron chi connectivity index (χ4n) is 2.14. The quantitative estimate of drug-likeness (QED) is 0.649. The second kappa shape index (κ2) is 6.28. The van der Waals surface area contributed by atoms with Crippen molar-refractivity contribution >= 4 is 45.5 Å². The lowest BCUT2D eigenvalue weighted by molar-refractivity contribution is -0.142. The number of carbonyl (C=O) groups is 1. The molecule has 0 amide bonds. The highest BCUT2D eigenvalue weighted by Crippen LogP contribution is 2.31. The maximum absolute atomic E-state index is 11.6. The fraction of sp³-hybridized carbons (Fsp3) is 0.200. The molecule has 0 bridgehead atoms. The first-order valence-electron chi connectivity index (χ1n) is 6.65. The van der Waals surface area contributed by atoms with Crippen LogP contribution in [0.2, 0.25) is 10.0 Å². The summed E-state index contributed by atoms with van der Waals surface area (Å²) >= 11 is 13.6. The number of ether oxygens (including phenoxy) is 1. The van der Waals surface area contributed by atoms with Gasteiger partial charge in [-0.25, -0.2) is 4.98 Å². The Morgan fingerprint density at radius 3 is 2.95 bits per heavy atom. The van der Waals surface area contributed by atoms with Crippen LogP contribution in [0, 0.1) is 0 Å². The van der Waals surface area contributed by atoms with E-state index < -0.39 is 0 Å². The van der Waals surface area contributed by atoms with Crippen LogP contribution < -0.4 is 0 Å². The molecule has 0 spiro atoms. The van der Waals surface area contributed by atoms with Crippen molar-refractivity contribution in [1.82, 2.24) is 9.38 Å². The third kappa shape index (κ3) is 2.97. The highest BCUT2D eigenvalue weighted by Gasteiger charge is 2.14. The molecule has 3 aromatic rings. The SMILES string of the molecule is CCOC(=O)Cc1csc2nc(-c3ccc(Cl)cc3Cl)cn12. The molecule has 22 heavy (non-hydrogen) atoms. The summed E-state index contributed by atoms with van der Waals surface area (Å²) in [5, 5.41) is 3.04. The zero-order valence-corrected chi connectivity index (χ0v) is 14.0. The Balaban J connectivity index is 1.96. The van der Waals surface area contributed by atoms with Crippen LogP contribution in [-0.2, 0) is 16.0 Å². The van der Waals surface area contributed by atoms with Gasteiger partial charge in [0.15, 0.2) is 4.96 Å². The molecule has 0 atom stereocenters. The van der Waals surface area contributed by atoms with Gasteiger partial charge in [-0.05, 0) is 25.1 Å². The van der Waals surface area contributed by atoms with Gasteiger partial charge < -0.3 is 4.74 Å². The van der Waals surface area contributed by atoms with E-state index in [1.807, 2.05) is 22.0 Å². The third-order valence-corrected chi connectivity index (χ3v) is 4.56. The molecule has 2 aromatic heterocycles. The Kier molecular flexibility index (Phi) is 4.38. The van der Waals surface area contributed by atoms with Crippen LogP contribution in [0.15, 0.2) is 29.8 Å². The predicted octanol–water partition coefficient (Wildman–Crippen LogP) is 4.48. The molecule has 0 fully saturated rings. The highest BCUT2D eigenvalue weighted by molar-refractivity contribution is 7.15. The van der Waals surface area contributed by atoms with Gasteiger partial charge in [-0.1, -0.05) is 23.2 Å². The minimum atomic E-state index is -0.248. The fourth-order valence-corrected chi connectivity index (χ4v) is 3.52. The van der Waals surface area contributed by atoms with E-state index in [1.165, 1.54) is 11.3 Å². The Bertz CT molecular complexity index is 841. The summed E-state index contributed by atoms with van der Waals surface area (Å²) in [5.74, 6) is -0.248. The molecule has 7 heteroatoms. The van der Waals surface area contributed by atoms with E-state index in [2.05, 4.69) is 4.98 Å². The summed E-state index contributed by atoms with van der Waals surface area (Å²) in [6.07, 6.45) is 2.09. The number of nitrogens with zero attached hydrogens (tertiary/aromatic N) is 2. The number of imidazole rings is 1. The van der Waals surface area contributed by atoms with Crippen LogP contribution >= 0.6 is 34.5 Å². The maximum Gasteiger partial charge on any atom is 0.311 e. The van der Waals surface area contributed by atoms with Crippen LogP contribution in [0.3, 0.4) is 0 Å². The lowest BCUT2D eigenvalue weighted by Gasteiger charge is -2.01. The maximum atomic E-state index is 11.6. The predicted molar refractivity (Wildman–Crippen MR) is 88.9 cm³/mol. The summed E-state index contributed by atoms with van der Waals surface area (Å²) in [4.78, 5) is 17.0. The van der Waals surface area contributed by atoms with Crippen LogP contribution in [0.5, 0.6) is 0 Å². The minimum Gasteiger partial charge on any atom is -0.466 e. The number of esters is 1. The zero-order valence-electron chi connectivity index (χ0n) is 11.7. The second-order valence-electron chi connectivity index (χ2n) is 4.61. The van der Waals surface area contributed by atoms with Crippen molar-refractivity contribution in [2.75, 3.05) is 6.61 Å². The van der Waals surface area contributed by atoms with Gasteiger partial charge in [-0.2, -0.15) is 0 Å². The molecule has 0 unspecified atom stereocenters. The number of rotatable bonds is 4. The molecule has 0 saturated carbocycles. The third-order valence-electron chi connectivity index (χ3n) is 3.12. The van der Waals surface area contributed by atoms with Crippen molar-refractivity contribution in [1.29, 1.82) is 0 Å². The number of carbonyl (C=O) groups excluding carboxylic acids is 1. The molecule has 0 aliphatic rings. The van der Waals surface area contributed by atoms with Crippen LogP contribution in [-0.4, -0.2) is 22.0 Å². The summed E-state index contributed by atoms with van der Waals surface area (Å²) in [6.45, 7) is 2.17. The van der Waals surface area contributed by atoms with E-state index in [1.54, 1.807) is 19.1 Å². The van der Waals surface area contributed by atoms with E-state index in [0.29, 0.717) is 16.7 Å². The molecule has 2 heterocycles. The van der Waals surface area contributed by atoms with Crippen LogP contribution in [0.1, 0.15) is 12.6 Å². The molecular weight excluding hydrogens is 343 g/mol. The minimum absolute atomic E-state index is 0.220. The van der Waals surface area contributed by atoms with Gasteiger partial charge in [0.25, 0.3) is 0 Å². The number of thiazole rings is 1. The highest BCUT2D eigenvalue weighted by atomic mass is 35.5. The smallest absolute Gasteiger partial charge is 0.311 e. The van der Waals surface area contributed by atoms with E-state index in [0.717, 1.165) is 21.9 Å². The van der Waals surface area contributed by atoms with Crippen molar-refractivity contribution in [3.63, 3.8) is 0 Å². The van der Waals surface area contributed by atoms with E-state index in [-0.39, 0.29) is 12.4 Å². The van der Waals surface area contributed by atoms with Gasteiger partial charge >= 0.3 is 5.97 Å². The standard InChI is InChI=1S/C15H12Cl2N2O2S/c1-2-21-14(20)6-10-8-22-15-18-13(7-19(10)15)11-4-3-9(16)5-12(11)17/h3-5,7-8H,2,6H2,1H3. The average molecular weight is 355 g/mol. The van der Waals surface area contributed by atoms with Gasteiger partial charge in [0, 0.05) is 27.9 Å². The number of hydrogen-bond donors (Lipinski definition) is 0. The van der Waals surface area contributed by atoms with Crippen molar-refractivity contribution in [3.05, 3.63) is 45.5 Å². The molecule has 0 aliphatic heterocycles. The Morgan fingerprint density at radius 1 is 1.41 bits per heavy atom. The second-order valence-corrected chi connectivity index (χ2v) is 6.29. The lowest BCUT2D eigenvalue weighted by Crippen LogP contribution is -2.08. The lowest BCUT2D eigenvalue weighted by atomic mass is 10.2. The van der Waals surface area contributed by atoms with Gasteiger partial charge in [0.1, 0.15) is 0 Å². The zero-order chi connectivity index (χ0) is 15.7. The number of fused-ring (bicyclic) bond motifs is 1. The van der Waals surface area contributed by atoms with E-state index >= 15 is 0 Å². The Morgan fingerprint density at radius 2 is 2.23 bits per heavy atom. The molecule has 114 valence electrons. The van der Waals surface area contributed by atoms with Crippen LogP contribution in [0.25, 0.3) is 16.2 Å². The van der Waals surface area contributed by atoms with Crippen molar-refractivity contribution in [2.45, 2.75) is 13.3 Å². The molecule has 0 aliphatic carbocycles. The van der Waals surface area contributed by atoms with Gasteiger partial charge in [0.05, 0.1) is 23.7 Å². The van der Waals surface area contributed by atoms with Crippen molar-refractivity contribution in [3.8, 4) is 11.3 Å². The molecule has 3 rings (SSSR count).